The van der Waals surface area contributed by atoms with Crippen LogP contribution in [0.2, 0.25) is 0 Å². The molecule has 12 aromatic rings. The maximum Gasteiger partial charge on any atom is 0.236 e. The molecule has 0 saturated carbocycles. The Balaban J connectivity index is 1.22. The van der Waals surface area contributed by atoms with E-state index in [0.29, 0.717) is 5.95 Å². The van der Waals surface area contributed by atoms with E-state index in [-0.39, 0.29) is 0 Å². The van der Waals surface area contributed by atoms with Crippen molar-refractivity contribution in [1.29, 1.82) is 0 Å². The van der Waals surface area contributed by atoms with Gasteiger partial charge < -0.3 is 8.83 Å². The predicted molar refractivity (Wildman–Crippen MR) is 206 cm³/mol. The van der Waals surface area contributed by atoms with E-state index in [1.165, 1.54) is 42.8 Å². The van der Waals surface area contributed by atoms with Crippen molar-refractivity contribution >= 4 is 108 Å². The van der Waals surface area contributed by atoms with Crippen molar-refractivity contribution in [3.05, 3.63) is 127 Å². The third-order valence-corrected chi connectivity index (χ3v) is 11.8. The van der Waals surface area contributed by atoms with Gasteiger partial charge in [0.05, 0.1) is 16.7 Å². The zero-order valence-corrected chi connectivity index (χ0v) is 27.0. The summed E-state index contributed by atoms with van der Waals surface area (Å²) >= 11 is 1.71. The number of rotatable bonds is 2. The highest BCUT2D eigenvalue weighted by molar-refractivity contribution is 7.25. The monoisotopic (exact) mass is 655 g/mol. The van der Waals surface area contributed by atoms with Crippen LogP contribution in [0, 0.1) is 0 Å². The summed E-state index contributed by atoms with van der Waals surface area (Å²) in [6, 6.07) is 45.0. The Morgan fingerprint density at radius 2 is 1.18 bits per heavy atom. The lowest BCUT2D eigenvalue weighted by atomic mass is 9.95. The van der Waals surface area contributed by atoms with Crippen molar-refractivity contribution in [2.75, 3.05) is 0 Å². The highest BCUT2D eigenvalue weighted by atomic mass is 32.1. The van der Waals surface area contributed by atoms with Gasteiger partial charge in [-0.3, -0.25) is 4.57 Å². The highest BCUT2D eigenvalue weighted by Gasteiger charge is 2.28. The van der Waals surface area contributed by atoms with E-state index < -0.39 is 0 Å². The Hall–Kier alpha value is -6.50. The first-order valence-electron chi connectivity index (χ1n) is 16.7. The summed E-state index contributed by atoms with van der Waals surface area (Å²) in [6.07, 6.45) is 0. The maximum atomic E-state index is 6.60. The zero-order chi connectivity index (χ0) is 32.2. The van der Waals surface area contributed by atoms with E-state index in [2.05, 4.69) is 120 Å². The second kappa shape index (κ2) is 8.74. The molecule has 0 unspecified atom stereocenters. The lowest BCUT2D eigenvalue weighted by molar-refractivity contribution is 0.669. The predicted octanol–water partition coefficient (Wildman–Crippen LogP) is 12.5. The Bertz CT molecular complexity index is 3510. The van der Waals surface area contributed by atoms with Gasteiger partial charge in [-0.2, -0.15) is 0 Å². The third kappa shape index (κ3) is 2.97. The van der Waals surface area contributed by atoms with Crippen LogP contribution in [0.3, 0.4) is 0 Å². The van der Waals surface area contributed by atoms with E-state index in [0.717, 1.165) is 76.4 Å². The number of aromatic nitrogens is 3. The van der Waals surface area contributed by atoms with E-state index >= 15 is 0 Å². The van der Waals surface area contributed by atoms with Crippen molar-refractivity contribution in [1.82, 2.24) is 14.5 Å². The molecule has 230 valence electrons. The maximum absolute atomic E-state index is 6.60. The fraction of sp³-hybridized carbons (Fsp3) is 0. The van der Waals surface area contributed by atoms with E-state index in [1.54, 1.807) is 11.3 Å². The van der Waals surface area contributed by atoms with Gasteiger partial charge in [-0.25, -0.2) is 9.97 Å². The summed E-state index contributed by atoms with van der Waals surface area (Å²) in [7, 11) is 0. The fourth-order valence-corrected chi connectivity index (χ4v) is 9.85. The lowest BCUT2D eigenvalue weighted by Crippen LogP contribution is -2.03. The molecule has 50 heavy (non-hydrogen) atoms. The molecule has 0 amide bonds. The van der Waals surface area contributed by atoms with Crippen molar-refractivity contribution < 1.29 is 8.83 Å². The molecule has 0 bridgehead atoms. The van der Waals surface area contributed by atoms with E-state index in [4.69, 9.17) is 18.8 Å². The van der Waals surface area contributed by atoms with E-state index in [1.807, 2.05) is 12.1 Å². The second-order valence-corrected chi connectivity index (χ2v) is 14.3. The molecule has 5 heterocycles. The molecule has 1 aliphatic rings. The van der Waals surface area contributed by atoms with Crippen LogP contribution in [0.25, 0.3) is 125 Å². The number of benzene rings is 7. The highest BCUT2D eigenvalue weighted by Crippen LogP contribution is 2.51. The first-order valence-corrected chi connectivity index (χ1v) is 17.6. The van der Waals surface area contributed by atoms with Gasteiger partial charge >= 0.3 is 0 Å². The number of hydrogen-bond donors (Lipinski definition) is 0. The van der Waals surface area contributed by atoms with Gasteiger partial charge in [0, 0.05) is 58.7 Å². The first kappa shape index (κ1) is 25.5. The van der Waals surface area contributed by atoms with Gasteiger partial charge in [0.25, 0.3) is 0 Å². The summed E-state index contributed by atoms with van der Waals surface area (Å²) in [5.74, 6) is 0.635. The molecule has 1 aliphatic carbocycles. The minimum Gasteiger partial charge on any atom is -0.456 e. The largest absolute Gasteiger partial charge is 0.456 e. The number of para-hydroxylation sites is 2. The molecular weight excluding hydrogens is 635 g/mol. The fourth-order valence-electron chi connectivity index (χ4n) is 8.78. The molecule has 0 fully saturated rings. The van der Waals surface area contributed by atoms with Gasteiger partial charge in [-0.15, -0.1) is 11.3 Å². The lowest BCUT2D eigenvalue weighted by Gasteiger charge is -2.12. The molecule has 5 nitrogen and oxygen atoms in total. The van der Waals surface area contributed by atoms with Crippen LogP contribution in [0.1, 0.15) is 0 Å². The topological polar surface area (TPSA) is 57.0 Å². The quantitative estimate of drug-likeness (QED) is 0.186. The van der Waals surface area contributed by atoms with Crippen LogP contribution in [-0.4, -0.2) is 14.5 Å². The summed E-state index contributed by atoms with van der Waals surface area (Å²) in [5, 5.41) is 11.5. The molecule has 0 atom stereocenters. The molecular formula is C44H21N3O2S. The van der Waals surface area contributed by atoms with Crippen LogP contribution in [-0.2, 0) is 0 Å². The molecule has 5 aromatic heterocycles. The first-order chi connectivity index (χ1) is 24.8. The smallest absolute Gasteiger partial charge is 0.236 e. The van der Waals surface area contributed by atoms with Crippen molar-refractivity contribution in [2.45, 2.75) is 0 Å². The number of nitrogens with zero attached hydrogens (tertiary/aromatic N) is 3. The molecule has 13 rings (SSSR count). The van der Waals surface area contributed by atoms with Crippen molar-refractivity contribution in [3.8, 4) is 28.3 Å². The Kier molecular flexibility index (Phi) is 4.46. The summed E-state index contributed by atoms with van der Waals surface area (Å²) in [4.78, 5) is 11.9. The van der Waals surface area contributed by atoms with Crippen molar-refractivity contribution in [3.63, 3.8) is 0 Å². The zero-order valence-electron chi connectivity index (χ0n) is 26.2. The van der Waals surface area contributed by atoms with Crippen LogP contribution in [0.4, 0.5) is 0 Å². The van der Waals surface area contributed by atoms with Gasteiger partial charge in [-0.1, -0.05) is 84.9 Å². The average Bonchev–Trinajstić information content (AvgIpc) is 3.90. The van der Waals surface area contributed by atoms with Crippen LogP contribution >= 0.6 is 11.3 Å². The van der Waals surface area contributed by atoms with Gasteiger partial charge in [0.2, 0.25) is 5.95 Å². The molecule has 6 heteroatoms. The van der Waals surface area contributed by atoms with Crippen LogP contribution in [0.5, 0.6) is 0 Å². The normalized spacial score (nSPS) is 12.8. The molecule has 0 aliphatic heterocycles. The van der Waals surface area contributed by atoms with Crippen molar-refractivity contribution in [2.24, 2.45) is 0 Å². The minimum absolute atomic E-state index is 0.635. The summed E-state index contributed by atoms with van der Waals surface area (Å²) < 4.78 is 16.6. The number of furan rings is 2. The Labute approximate surface area is 286 Å². The van der Waals surface area contributed by atoms with Gasteiger partial charge in [0.1, 0.15) is 27.2 Å². The molecule has 0 spiro atoms. The number of fused-ring (bicyclic) bond motifs is 7. The number of hydrogen-bond acceptors (Lipinski definition) is 5. The molecule has 0 radical (unpaired) electrons. The Morgan fingerprint density at radius 3 is 2.12 bits per heavy atom. The number of thiophene rings is 1. The summed E-state index contributed by atoms with van der Waals surface area (Å²) in [5.41, 5.74) is 9.88. The third-order valence-electron chi connectivity index (χ3n) is 10.8. The summed E-state index contributed by atoms with van der Waals surface area (Å²) in [6.45, 7) is 0. The standard InChI is InChI=1S/C44H21N3O2S/c1-3-16-31-23(9-1)26-13-6-14-28(42(26)49-31)41-37-27-10-2-4-17-34(27)50-43(37)46-44(45-41)47-29-15-7-12-25-24-11-5-8-22-18-20-32-39(35(22)24)40-33(48-32)21-19-30(47)38(40)36(25)29/h1-21H. The van der Waals surface area contributed by atoms with Crippen LogP contribution < -0.4 is 0 Å². The minimum atomic E-state index is 0.635. The second-order valence-electron chi connectivity index (χ2n) is 13.2. The van der Waals surface area contributed by atoms with Crippen LogP contribution in [0.15, 0.2) is 136 Å². The average molecular weight is 656 g/mol. The molecule has 0 saturated heterocycles. The Morgan fingerprint density at radius 1 is 0.460 bits per heavy atom. The SMILES string of the molecule is c1cc2c3c(c1)ccc1oc4ccc5c(c6c-2cccc6n5-c2nc(-c5cccc6c5oc5ccccc56)c5c(n2)sc2ccccc25)c4c13. The molecule has 7 aromatic carbocycles. The van der Waals surface area contributed by atoms with Gasteiger partial charge in [-0.05, 0) is 59.0 Å². The molecule has 0 N–H and O–H groups in total. The van der Waals surface area contributed by atoms with Gasteiger partial charge in [0.15, 0.2) is 0 Å². The van der Waals surface area contributed by atoms with E-state index in [9.17, 15) is 0 Å².